The summed E-state index contributed by atoms with van der Waals surface area (Å²) >= 11 is 0. The number of aliphatic hydroxyl groups excluding tert-OH is 3. The Morgan fingerprint density at radius 1 is 1.07 bits per heavy atom. The Balaban J connectivity index is 1.92. The molecule has 0 saturated heterocycles. The average Bonchev–Trinajstić information content (AvgIpc) is 2.85. The summed E-state index contributed by atoms with van der Waals surface area (Å²) in [4.78, 5) is 12.3. The Morgan fingerprint density at radius 2 is 1.71 bits per heavy atom. The molecule has 0 aromatic carbocycles. The van der Waals surface area contributed by atoms with Crippen molar-refractivity contribution in [1.82, 2.24) is 0 Å². The number of Topliss-reactive ketones (excluding diaryl/α,β-unsaturated/α-hetero) is 1. The Hall–Kier alpha value is -0.830. The molecular formula is C21H32O7. The Bertz CT molecular complexity index is 751. The van der Waals surface area contributed by atoms with Crippen LogP contribution in [-0.4, -0.2) is 71.5 Å². The topological polar surface area (TPSA) is 138 Å². The van der Waals surface area contributed by atoms with Crippen LogP contribution >= 0.6 is 0 Å². The van der Waals surface area contributed by atoms with Gasteiger partial charge >= 0.3 is 0 Å². The van der Waals surface area contributed by atoms with Crippen molar-refractivity contribution in [3.8, 4) is 0 Å². The number of rotatable bonds is 1. The molecule has 9 atom stereocenters. The maximum Gasteiger partial charge on any atom is 0.162 e. The lowest BCUT2D eigenvalue weighted by Gasteiger charge is -2.68. The molecule has 0 aliphatic heterocycles. The number of carbonyl (C=O) groups excluding carboxylic acids is 1. The Labute approximate surface area is 164 Å². The van der Waals surface area contributed by atoms with Crippen LogP contribution in [0.5, 0.6) is 0 Å². The quantitative estimate of drug-likeness (QED) is 0.338. The predicted molar refractivity (Wildman–Crippen MR) is 99.0 cm³/mol. The van der Waals surface area contributed by atoms with E-state index in [-0.39, 0.29) is 19.3 Å². The van der Waals surface area contributed by atoms with Crippen molar-refractivity contribution in [3.05, 3.63) is 11.6 Å². The molecule has 28 heavy (non-hydrogen) atoms. The first-order valence-corrected chi connectivity index (χ1v) is 10.2. The monoisotopic (exact) mass is 396 g/mol. The molecule has 4 aliphatic carbocycles. The smallest absolute Gasteiger partial charge is 0.162 e. The molecule has 6 N–H and O–H groups in total. The molecule has 0 spiro atoms. The zero-order chi connectivity index (χ0) is 20.9. The van der Waals surface area contributed by atoms with Crippen LogP contribution < -0.4 is 0 Å². The molecule has 3 saturated carbocycles. The van der Waals surface area contributed by atoms with Crippen molar-refractivity contribution in [2.24, 2.45) is 16.7 Å². The minimum Gasteiger partial charge on any atom is -0.393 e. The second-order valence-corrected chi connectivity index (χ2v) is 10.1. The first kappa shape index (κ1) is 20.4. The minimum atomic E-state index is -2.05. The second kappa shape index (κ2) is 5.65. The van der Waals surface area contributed by atoms with E-state index >= 15 is 0 Å². The highest BCUT2D eigenvalue weighted by Crippen LogP contribution is 2.70. The van der Waals surface area contributed by atoms with E-state index in [1.165, 1.54) is 13.8 Å². The molecule has 0 amide bonds. The van der Waals surface area contributed by atoms with Crippen molar-refractivity contribution in [3.63, 3.8) is 0 Å². The third-order valence-electron chi connectivity index (χ3n) is 9.17. The van der Waals surface area contributed by atoms with Gasteiger partial charge in [0.15, 0.2) is 5.78 Å². The Kier molecular flexibility index (Phi) is 4.13. The van der Waals surface area contributed by atoms with E-state index < -0.39 is 57.6 Å². The van der Waals surface area contributed by atoms with Crippen LogP contribution in [0.1, 0.15) is 59.3 Å². The Morgan fingerprint density at radius 3 is 2.32 bits per heavy atom. The molecule has 0 aromatic heterocycles. The van der Waals surface area contributed by atoms with E-state index in [9.17, 15) is 35.4 Å². The van der Waals surface area contributed by atoms with Crippen molar-refractivity contribution >= 4 is 5.78 Å². The van der Waals surface area contributed by atoms with E-state index in [0.717, 1.165) is 5.57 Å². The van der Waals surface area contributed by atoms with Gasteiger partial charge in [-0.05, 0) is 50.9 Å². The lowest BCUT2D eigenvalue weighted by atomic mass is 9.41. The van der Waals surface area contributed by atoms with Gasteiger partial charge in [-0.25, -0.2) is 0 Å². The van der Waals surface area contributed by atoms with Crippen LogP contribution in [0.4, 0.5) is 0 Å². The lowest BCUT2D eigenvalue weighted by molar-refractivity contribution is -0.340. The highest BCUT2D eigenvalue weighted by molar-refractivity contribution is 5.87. The molecule has 0 bridgehead atoms. The molecule has 7 nitrogen and oxygen atoms in total. The zero-order valence-electron chi connectivity index (χ0n) is 16.7. The van der Waals surface area contributed by atoms with Gasteiger partial charge in [-0.3, -0.25) is 4.79 Å². The summed E-state index contributed by atoms with van der Waals surface area (Å²) in [5, 5.41) is 67.4. The van der Waals surface area contributed by atoms with Gasteiger partial charge in [0.25, 0.3) is 0 Å². The van der Waals surface area contributed by atoms with Crippen LogP contribution in [0.2, 0.25) is 0 Å². The van der Waals surface area contributed by atoms with Gasteiger partial charge in [0.05, 0.1) is 23.7 Å². The summed E-state index contributed by atoms with van der Waals surface area (Å²) in [6.07, 6.45) is -0.399. The fourth-order valence-electron chi connectivity index (χ4n) is 7.35. The molecule has 4 rings (SSSR count). The van der Waals surface area contributed by atoms with Gasteiger partial charge in [-0.15, -0.1) is 0 Å². The molecule has 9 unspecified atom stereocenters. The molecule has 0 radical (unpaired) electrons. The number of aliphatic hydroxyl groups is 6. The predicted octanol–water partition coefficient (Wildman–Crippen LogP) is -0.198. The SMILES string of the molecule is CC(=O)C1(O)CCC2(O)C3(O)CC=C4CC(O)CCC4(C)C3C(O)C(O)C12C. The number of fused-ring (bicyclic) bond motifs is 5. The fourth-order valence-corrected chi connectivity index (χ4v) is 7.35. The summed E-state index contributed by atoms with van der Waals surface area (Å²) in [6, 6.07) is 0. The zero-order valence-corrected chi connectivity index (χ0v) is 16.7. The first-order chi connectivity index (χ1) is 12.8. The van der Waals surface area contributed by atoms with Crippen LogP contribution in [0.25, 0.3) is 0 Å². The van der Waals surface area contributed by atoms with E-state index in [4.69, 9.17) is 0 Å². The largest absolute Gasteiger partial charge is 0.393 e. The number of hydrogen-bond acceptors (Lipinski definition) is 7. The second-order valence-electron chi connectivity index (χ2n) is 10.1. The first-order valence-electron chi connectivity index (χ1n) is 10.2. The van der Waals surface area contributed by atoms with Crippen molar-refractivity contribution in [2.45, 2.75) is 94.4 Å². The summed E-state index contributed by atoms with van der Waals surface area (Å²) in [6.45, 7) is 4.50. The number of hydrogen-bond donors (Lipinski definition) is 6. The van der Waals surface area contributed by atoms with Gasteiger partial charge in [0, 0.05) is 5.92 Å². The number of ketones is 1. The average molecular weight is 396 g/mol. The lowest BCUT2D eigenvalue weighted by Crippen LogP contribution is -2.81. The van der Waals surface area contributed by atoms with Crippen LogP contribution in [-0.2, 0) is 4.79 Å². The fraction of sp³-hybridized carbons (Fsp3) is 0.857. The molecule has 0 heterocycles. The van der Waals surface area contributed by atoms with Crippen LogP contribution in [0.3, 0.4) is 0 Å². The highest BCUT2D eigenvalue weighted by Gasteiger charge is 2.82. The number of carbonyl (C=O) groups is 1. The summed E-state index contributed by atoms with van der Waals surface area (Å²) in [5.41, 5.74) is -7.42. The van der Waals surface area contributed by atoms with Gasteiger partial charge < -0.3 is 30.6 Å². The van der Waals surface area contributed by atoms with Gasteiger partial charge in [0.1, 0.15) is 16.8 Å². The standard InChI is InChI=1S/C21H32O7/c1-11(22)19(26)8-9-21(28)18(19,3)16(25)14(24)15-17(2)6-5-13(23)10-12(17)4-7-20(15,21)27/h4,13-16,23-28H,5-10H2,1-3H3. The minimum absolute atomic E-state index is 0.0269. The molecule has 7 heteroatoms. The molecule has 3 fully saturated rings. The molecule has 4 aliphatic rings. The maximum absolute atomic E-state index is 12.3. The normalized spacial score (nSPS) is 58.4. The van der Waals surface area contributed by atoms with Gasteiger partial charge in [-0.1, -0.05) is 25.5 Å². The third kappa shape index (κ3) is 1.94. The van der Waals surface area contributed by atoms with Crippen molar-refractivity contribution in [1.29, 1.82) is 0 Å². The van der Waals surface area contributed by atoms with E-state index in [0.29, 0.717) is 19.3 Å². The summed E-state index contributed by atoms with van der Waals surface area (Å²) < 4.78 is 0. The van der Waals surface area contributed by atoms with Gasteiger partial charge in [-0.2, -0.15) is 0 Å². The van der Waals surface area contributed by atoms with Crippen molar-refractivity contribution in [2.75, 3.05) is 0 Å². The van der Waals surface area contributed by atoms with E-state index in [1.54, 1.807) is 0 Å². The third-order valence-corrected chi connectivity index (χ3v) is 9.17. The summed E-state index contributed by atoms with van der Waals surface area (Å²) in [7, 11) is 0. The van der Waals surface area contributed by atoms with Crippen LogP contribution in [0, 0.1) is 16.7 Å². The van der Waals surface area contributed by atoms with E-state index in [2.05, 4.69) is 0 Å². The highest BCUT2D eigenvalue weighted by atomic mass is 16.4. The van der Waals surface area contributed by atoms with Crippen LogP contribution in [0.15, 0.2) is 11.6 Å². The van der Waals surface area contributed by atoms with Gasteiger partial charge in [0.2, 0.25) is 0 Å². The van der Waals surface area contributed by atoms with Crippen molar-refractivity contribution < 1.29 is 35.4 Å². The maximum atomic E-state index is 12.3. The molecule has 0 aromatic rings. The molecular weight excluding hydrogens is 364 g/mol. The van der Waals surface area contributed by atoms with E-state index in [1.807, 2.05) is 13.0 Å². The summed E-state index contributed by atoms with van der Waals surface area (Å²) in [5.74, 6) is -1.48. The molecule has 158 valence electrons.